The molecule has 1 N–H and O–H groups in total. The molecule has 0 unspecified atom stereocenters. The number of pyridine rings is 1. The molecule has 138 valence electrons. The molecule has 1 aromatic carbocycles. The lowest BCUT2D eigenvalue weighted by atomic mass is 10.0. The molecule has 1 aliphatic heterocycles. The molecule has 0 spiro atoms. The van der Waals surface area contributed by atoms with Gasteiger partial charge >= 0.3 is 6.18 Å². The normalized spacial score (nSPS) is 17.3. The lowest BCUT2D eigenvalue weighted by Gasteiger charge is -2.24. The average molecular weight is 386 g/mol. The predicted octanol–water partition coefficient (Wildman–Crippen LogP) is 2.89. The average Bonchev–Trinajstić information content (AvgIpc) is 2.53. The maximum absolute atomic E-state index is 13.5. The molecule has 1 atom stereocenters. The standard InChI is InChI=1S/C16H13F3N2O4S/c1-8-15(22)21-14-12(25-8)7-11(16(17,18)19)13(20-14)9-4-3-5-10(6-9)26(2,23)24/h3-8H,1-2H3,(H,20,21,22)/t8-/m1/s1. The topological polar surface area (TPSA) is 85.4 Å². The molecule has 10 heteroatoms. The van der Waals surface area contributed by atoms with Crippen LogP contribution in [-0.4, -0.2) is 31.7 Å². The summed E-state index contributed by atoms with van der Waals surface area (Å²) in [5, 5.41) is 2.38. The van der Waals surface area contributed by atoms with Crippen LogP contribution in [-0.2, 0) is 20.8 Å². The van der Waals surface area contributed by atoms with Crippen LogP contribution in [0.5, 0.6) is 5.75 Å². The first-order valence-corrected chi connectivity index (χ1v) is 9.26. The highest BCUT2D eigenvalue weighted by atomic mass is 32.2. The zero-order valence-electron chi connectivity index (χ0n) is 13.6. The number of fused-ring (bicyclic) bond motifs is 1. The van der Waals surface area contributed by atoms with Gasteiger partial charge in [0.1, 0.15) is 0 Å². The van der Waals surface area contributed by atoms with Crippen LogP contribution in [0.15, 0.2) is 35.2 Å². The molecule has 3 rings (SSSR count). The zero-order chi connectivity index (χ0) is 19.3. The van der Waals surface area contributed by atoms with E-state index in [-0.39, 0.29) is 22.0 Å². The minimum absolute atomic E-state index is 0.0454. The predicted molar refractivity (Wildman–Crippen MR) is 86.5 cm³/mol. The van der Waals surface area contributed by atoms with Crippen LogP contribution in [0.1, 0.15) is 12.5 Å². The summed E-state index contributed by atoms with van der Waals surface area (Å²) in [7, 11) is -3.62. The Kier molecular flexibility index (Phi) is 4.18. The number of anilines is 1. The second-order valence-corrected chi connectivity index (χ2v) is 7.79. The summed E-state index contributed by atoms with van der Waals surface area (Å²) in [6, 6.07) is 5.77. The van der Waals surface area contributed by atoms with Crippen LogP contribution in [0.25, 0.3) is 11.3 Å². The number of alkyl halides is 3. The lowest BCUT2D eigenvalue weighted by Crippen LogP contribution is -2.35. The first-order valence-electron chi connectivity index (χ1n) is 7.37. The molecule has 6 nitrogen and oxygen atoms in total. The summed E-state index contributed by atoms with van der Waals surface area (Å²) in [5.74, 6) is -0.895. The van der Waals surface area contributed by atoms with Crippen molar-refractivity contribution in [1.29, 1.82) is 0 Å². The van der Waals surface area contributed by atoms with Gasteiger partial charge in [-0.3, -0.25) is 4.79 Å². The number of nitrogens with one attached hydrogen (secondary N) is 1. The van der Waals surface area contributed by atoms with Crippen molar-refractivity contribution in [2.45, 2.75) is 24.1 Å². The largest absolute Gasteiger partial charge is 0.477 e. The first-order chi connectivity index (χ1) is 12.0. The number of rotatable bonds is 2. The molecule has 0 saturated carbocycles. The molecule has 1 amide bonds. The second kappa shape index (κ2) is 5.97. The number of carbonyl (C=O) groups excluding carboxylic acids is 1. The van der Waals surface area contributed by atoms with Crippen LogP contribution in [0, 0.1) is 0 Å². The third kappa shape index (κ3) is 3.36. The summed E-state index contributed by atoms with van der Waals surface area (Å²) in [5.41, 5.74) is -1.64. The Hall–Kier alpha value is -2.62. The minimum Gasteiger partial charge on any atom is -0.477 e. The van der Waals surface area contributed by atoms with E-state index in [0.29, 0.717) is 0 Å². The fraction of sp³-hybridized carbons (Fsp3) is 0.250. The fourth-order valence-electron chi connectivity index (χ4n) is 2.45. The number of nitrogens with zero attached hydrogens (tertiary/aromatic N) is 1. The number of halogens is 3. The molecule has 26 heavy (non-hydrogen) atoms. The maximum Gasteiger partial charge on any atom is 0.418 e. The van der Waals surface area contributed by atoms with E-state index in [1.54, 1.807) is 0 Å². The Morgan fingerprint density at radius 3 is 2.54 bits per heavy atom. The van der Waals surface area contributed by atoms with Gasteiger partial charge in [-0.05, 0) is 25.1 Å². The quantitative estimate of drug-likeness (QED) is 0.858. The summed E-state index contributed by atoms with van der Waals surface area (Å²) < 4.78 is 69.1. The van der Waals surface area contributed by atoms with Gasteiger partial charge in [0.15, 0.2) is 27.5 Å². The number of benzene rings is 1. The molecule has 0 radical (unpaired) electrons. The third-order valence-corrected chi connectivity index (χ3v) is 4.85. The highest BCUT2D eigenvalue weighted by Crippen LogP contribution is 2.42. The minimum atomic E-state index is -4.76. The monoisotopic (exact) mass is 386 g/mol. The van der Waals surface area contributed by atoms with Crippen molar-refractivity contribution in [2.75, 3.05) is 11.6 Å². The van der Waals surface area contributed by atoms with E-state index in [0.717, 1.165) is 18.4 Å². The molecule has 0 fully saturated rings. The van der Waals surface area contributed by atoms with Gasteiger partial charge in [-0.15, -0.1) is 0 Å². The van der Waals surface area contributed by atoms with Crippen molar-refractivity contribution in [1.82, 2.24) is 4.98 Å². The lowest BCUT2D eigenvalue weighted by molar-refractivity contribution is -0.137. The number of aromatic nitrogens is 1. The number of hydrogen-bond acceptors (Lipinski definition) is 5. The van der Waals surface area contributed by atoms with Gasteiger partial charge in [0.05, 0.1) is 16.2 Å². The molecular formula is C16H13F3N2O4S. The Morgan fingerprint density at radius 2 is 1.92 bits per heavy atom. The van der Waals surface area contributed by atoms with Crippen molar-refractivity contribution >= 4 is 21.6 Å². The maximum atomic E-state index is 13.5. The van der Waals surface area contributed by atoms with E-state index in [2.05, 4.69) is 10.3 Å². The molecule has 2 aromatic rings. The molecule has 2 heterocycles. The van der Waals surface area contributed by atoms with Crippen LogP contribution in [0.3, 0.4) is 0 Å². The van der Waals surface area contributed by atoms with E-state index in [9.17, 15) is 26.4 Å². The third-order valence-electron chi connectivity index (χ3n) is 3.74. The number of hydrogen-bond donors (Lipinski definition) is 1. The van der Waals surface area contributed by atoms with Crippen LogP contribution in [0.4, 0.5) is 19.0 Å². The first kappa shape index (κ1) is 18.2. The van der Waals surface area contributed by atoms with Crippen LogP contribution >= 0.6 is 0 Å². The van der Waals surface area contributed by atoms with E-state index in [1.807, 2.05) is 0 Å². The summed E-state index contributed by atoms with van der Waals surface area (Å²) in [4.78, 5) is 15.4. The summed E-state index contributed by atoms with van der Waals surface area (Å²) in [6.07, 6.45) is -4.76. The zero-order valence-corrected chi connectivity index (χ0v) is 14.4. The van der Waals surface area contributed by atoms with E-state index in [4.69, 9.17) is 4.74 Å². The van der Waals surface area contributed by atoms with Gasteiger partial charge < -0.3 is 10.1 Å². The van der Waals surface area contributed by atoms with Gasteiger partial charge in [0.2, 0.25) is 0 Å². The Bertz CT molecular complexity index is 1000. The molecule has 1 aromatic heterocycles. The highest BCUT2D eigenvalue weighted by molar-refractivity contribution is 7.90. The van der Waals surface area contributed by atoms with Crippen molar-refractivity contribution in [2.24, 2.45) is 0 Å². The van der Waals surface area contributed by atoms with E-state index < -0.39 is 39.3 Å². The molecular weight excluding hydrogens is 373 g/mol. The Labute approximate surface area is 146 Å². The molecule has 1 aliphatic rings. The Morgan fingerprint density at radius 1 is 1.23 bits per heavy atom. The van der Waals surface area contributed by atoms with E-state index in [1.165, 1.54) is 25.1 Å². The van der Waals surface area contributed by atoms with Gasteiger partial charge in [0, 0.05) is 11.8 Å². The van der Waals surface area contributed by atoms with Gasteiger partial charge in [0.25, 0.3) is 5.91 Å². The van der Waals surface area contributed by atoms with Crippen molar-refractivity contribution in [3.8, 4) is 17.0 Å². The second-order valence-electron chi connectivity index (χ2n) is 5.78. The summed E-state index contributed by atoms with van der Waals surface area (Å²) in [6.45, 7) is 1.40. The van der Waals surface area contributed by atoms with Gasteiger partial charge in [-0.2, -0.15) is 13.2 Å². The molecule has 0 bridgehead atoms. The van der Waals surface area contributed by atoms with Crippen LogP contribution in [0.2, 0.25) is 0 Å². The molecule has 0 aliphatic carbocycles. The highest BCUT2D eigenvalue weighted by Gasteiger charge is 2.38. The fourth-order valence-corrected chi connectivity index (χ4v) is 3.11. The summed E-state index contributed by atoms with van der Waals surface area (Å²) >= 11 is 0. The van der Waals surface area contributed by atoms with Gasteiger partial charge in [-0.1, -0.05) is 12.1 Å². The van der Waals surface area contributed by atoms with Crippen molar-refractivity contribution in [3.63, 3.8) is 0 Å². The van der Waals surface area contributed by atoms with E-state index >= 15 is 0 Å². The number of carbonyl (C=O) groups is 1. The van der Waals surface area contributed by atoms with Gasteiger partial charge in [-0.25, -0.2) is 13.4 Å². The van der Waals surface area contributed by atoms with Crippen LogP contribution < -0.4 is 10.1 Å². The van der Waals surface area contributed by atoms with Crippen molar-refractivity contribution < 1.29 is 31.1 Å². The smallest absolute Gasteiger partial charge is 0.418 e. The SMILES string of the molecule is C[C@H]1Oc2cc(C(F)(F)F)c(-c3cccc(S(C)(=O)=O)c3)nc2NC1=O. The number of sulfone groups is 1. The van der Waals surface area contributed by atoms with Crippen molar-refractivity contribution in [3.05, 3.63) is 35.9 Å². The Balaban J connectivity index is 2.24. The number of ether oxygens (including phenoxy) is 1. The number of amides is 1. The molecule has 0 saturated heterocycles.